The van der Waals surface area contributed by atoms with E-state index in [1.807, 2.05) is 24.6 Å². The van der Waals surface area contributed by atoms with Crippen molar-refractivity contribution in [3.63, 3.8) is 0 Å². The van der Waals surface area contributed by atoms with E-state index in [-0.39, 0.29) is 22.8 Å². The van der Waals surface area contributed by atoms with Gasteiger partial charge in [-0.2, -0.15) is 5.10 Å². The van der Waals surface area contributed by atoms with Gasteiger partial charge >= 0.3 is 0 Å². The summed E-state index contributed by atoms with van der Waals surface area (Å²) < 4.78 is 7.81. The molecule has 0 spiro atoms. The van der Waals surface area contributed by atoms with Crippen molar-refractivity contribution in [1.29, 1.82) is 0 Å². The number of H-pyrrole nitrogens is 1. The number of phenols is 1. The van der Waals surface area contributed by atoms with E-state index in [9.17, 15) is 14.7 Å². The van der Waals surface area contributed by atoms with Crippen LogP contribution in [-0.2, 0) is 6.42 Å². The molecule has 138 valence electrons. The molecule has 3 aromatic rings. The van der Waals surface area contributed by atoms with Crippen LogP contribution in [-0.4, -0.2) is 26.2 Å². The number of aromatic nitrogens is 3. The van der Waals surface area contributed by atoms with Crippen LogP contribution in [0.4, 0.5) is 0 Å². The van der Waals surface area contributed by atoms with Gasteiger partial charge in [0.25, 0.3) is 0 Å². The van der Waals surface area contributed by atoms with Crippen LogP contribution in [0.25, 0.3) is 11.4 Å². The Hall–Kier alpha value is -3.35. The number of fused-ring (bicyclic) bond motifs is 1. The second-order valence-electron chi connectivity index (χ2n) is 6.80. The smallest absolute Gasteiger partial charge is 0.189 e. The zero-order chi connectivity index (χ0) is 19.1. The molecule has 0 fully saturated rings. The monoisotopic (exact) mass is 365 g/mol. The highest BCUT2D eigenvalue weighted by molar-refractivity contribution is 5.85. The van der Waals surface area contributed by atoms with E-state index >= 15 is 0 Å². The number of rotatable bonds is 4. The van der Waals surface area contributed by atoms with Gasteiger partial charge in [0.2, 0.25) is 0 Å². The second-order valence-corrected chi connectivity index (χ2v) is 6.80. The van der Waals surface area contributed by atoms with Crippen molar-refractivity contribution in [2.24, 2.45) is 0 Å². The average Bonchev–Trinajstić information content (AvgIpc) is 3.28. The minimum atomic E-state index is -0.559. The fraction of sp³-hybridized carbons (Fsp3) is 0.250. The number of nitrogens with one attached hydrogen (secondary N) is 1. The lowest BCUT2D eigenvalue weighted by molar-refractivity contribution is 0.111. The maximum Gasteiger partial charge on any atom is 0.189 e. The van der Waals surface area contributed by atoms with E-state index in [1.165, 1.54) is 12.1 Å². The molecule has 7 heteroatoms. The number of aromatic amines is 1. The van der Waals surface area contributed by atoms with E-state index in [1.54, 1.807) is 18.5 Å². The Bertz CT molecular complexity index is 1080. The van der Waals surface area contributed by atoms with Crippen molar-refractivity contribution < 1.29 is 14.6 Å². The lowest BCUT2D eigenvalue weighted by Crippen LogP contribution is -2.19. The molecule has 2 N–H and O–H groups in total. The van der Waals surface area contributed by atoms with Crippen molar-refractivity contribution in [3.05, 3.63) is 63.6 Å². The summed E-state index contributed by atoms with van der Waals surface area (Å²) >= 11 is 0. The number of hydrogen-bond donors (Lipinski definition) is 2. The third-order valence-electron chi connectivity index (χ3n) is 4.77. The first-order valence-electron chi connectivity index (χ1n) is 8.73. The van der Waals surface area contributed by atoms with Crippen LogP contribution in [0.5, 0.6) is 11.5 Å². The number of hydrogen-bond acceptors (Lipinski definition) is 5. The van der Waals surface area contributed by atoms with Crippen LogP contribution in [0.2, 0.25) is 0 Å². The Labute approximate surface area is 155 Å². The SMILES string of the molecule is CC(C)n1nccc1-c1[nH]ccc(=O)c1C1Cc2ccc(O)c(C=O)c2O1. The molecule has 3 heterocycles. The van der Waals surface area contributed by atoms with E-state index in [4.69, 9.17) is 4.74 Å². The van der Waals surface area contributed by atoms with Crippen LogP contribution in [0.1, 0.15) is 47.5 Å². The third kappa shape index (κ3) is 2.71. The number of aromatic hydroxyl groups is 1. The van der Waals surface area contributed by atoms with Gasteiger partial charge in [0.05, 0.1) is 22.5 Å². The van der Waals surface area contributed by atoms with E-state index in [0.717, 1.165) is 11.3 Å². The summed E-state index contributed by atoms with van der Waals surface area (Å²) in [6, 6.07) is 6.61. The minimum Gasteiger partial charge on any atom is -0.507 e. The van der Waals surface area contributed by atoms with Crippen LogP contribution in [0.15, 0.2) is 41.5 Å². The fourth-order valence-electron chi connectivity index (χ4n) is 3.54. The number of carbonyl (C=O) groups is 1. The molecule has 27 heavy (non-hydrogen) atoms. The first-order chi connectivity index (χ1) is 13.0. The maximum atomic E-state index is 12.7. The molecule has 1 aliphatic rings. The van der Waals surface area contributed by atoms with Gasteiger partial charge in [-0.3, -0.25) is 14.3 Å². The van der Waals surface area contributed by atoms with Gasteiger partial charge in [-0.05, 0) is 31.5 Å². The summed E-state index contributed by atoms with van der Waals surface area (Å²) in [5.41, 5.74) is 2.64. The summed E-state index contributed by atoms with van der Waals surface area (Å²) in [6.07, 6.45) is 3.74. The molecule has 1 atom stereocenters. The summed E-state index contributed by atoms with van der Waals surface area (Å²) in [5, 5.41) is 14.2. The zero-order valence-corrected chi connectivity index (χ0v) is 15.0. The highest BCUT2D eigenvalue weighted by Crippen LogP contribution is 2.42. The van der Waals surface area contributed by atoms with Crippen LogP contribution in [0.3, 0.4) is 0 Å². The number of benzene rings is 1. The summed E-state index contributed by atoms with van der Waals surface area (Å²) in [6.45, 7) is 4.02. The quantitative estimate of drug-likeness (QED) is 0.693. The van der Waals surface area contributed by atoms with Gasteiger partial charge in [-0.25, -0.2) is 0 Å². The summed E-state index contributed by atoms with van der Waals surface area (Å²) in [4.78, 5) is 27.2. The first-order valence-corrected chi connectivity index (χ1v) is 8.73. The third-order valence-corrected chi connectivity index (χ3v) is 4.77. The van der Waals surface area contributed by atoms with Crippen LogP contribution >= 0.6 is 0 Å². The molecule has 4 rings (SSSR count). The summed E-state index contributed by atoms with van der Waals surface area (Å²) in [5.74, 6) is 0.200. The number of aldehydes is 1. The van der Waals surface area contributed by atoms with E-state index in [2.05, 4.69) is 10.1 Å². The van der Waals surface area contributed by atoms with Gasteiger partial charge in [-0.15, -0.1) is 0 Å². The maximum absolute atomic E-state index is 12.7. The summed E-state index contributed by atoms with van der Waals surface area (Å²) in [7, 11) is 0. The zero-order valence-electron chi connectivity index (χ0n) is 15.0. The lowest BCUT2D eigenvalue weighted by atomic mass is 9.99. The van der Waals surface area contributed by atoms with E-state index < -0.39 is 6.10 Å². The molecule has 1 aromatic carbocycles. The molecule has 7 nitrogen and oxygen atoms in total. The molecule has 1 unspecified atom stereocenters. The van der Waals surface area contributed by atoms with Crippen molar-refractivity contribution in [1.82, 2.24) is 14.8 Å². The average molecular weight is 365 g/mol. The fourth-order valence-corrected chi connectivity index (χ4v) is 3.54. The standard InChI is InChI=1S/C20H19N3O4/c1-11(2)23-14(5-8-22-23)19-18(16(26)6-7-21-19)17-9-12-3-4-15(25)13(10-24)20(12)27-17/h3-8,10-11,17,25H,9H2,1-2H3,(H,21,26). The number of carbonyl (C=O) groups excluding carboxylic acids is 1. The van der Waals surface area contributed by atoms with Crippen molar-refractivity contribution >= 4 is 6.29 Å². The molecular formula is C20H19N3O4. The number of nitrogens with zero attached hydrogens (tertiary/aromatic N) is 2. The Balaban J connectivity index is 1.84. The van der Waals surface area contributed by atoms with Crippen molar-refractivity contribution in [2.45, 2.75) is 32.4 Å². The van der Waals surface area contributed by atoms with Crippen molar-refractivity contribution in [3.8, 4) is 22.9 Å². The number of ether oxygens (including phenoxy) is 1. The first kappa shape index (κ1) is 17.1. The van der Waals surface area contributed by atoms with Gasteiger partial charge in [0.1, 0.15) is 17.6 Å². The Morgan fingerprint density at radius 3 is 2.89 bits per heavy atom. The van der Waals surface area contributed by atoms with Gasteiger partial charge in [-0.1, -0.05) is 6.07 Å². The highest BCUT2D eigenvalue weighted by Gasteiger charge is 2.32. The molecule has 0 saturated heterocycles. The molecule has 0 amide bonds. The van der Waals surface area contributed by atoms with Gasteiger partial charge in [0, 0.05) is 30.9 Å². The number of pyridine rings is 1. The van der Waals surface area contributed by atoms with Crippen LogP contribution in [0, 0.1) is 0 Å². The Morgan fingerprint density at radius 1 is 1.33 bits per heavy atom. The Morgan fingerprint density at radius 2 is 2.15 bits per heavy atom. The molecule has 0 saturated carbocycles. The molecule has 0 radical (unpaired) electrons. The molecule has 2 aromatic heterocycles. The Kier molecular flexibility index (Phi) is 4.07. The van der Waals surface area contributed by atoms with Gasteiger partial charge in [0.15, 0.2) is 11.7 Å². The van der Waals surface area contributed by atoms with Crippen LogP contribution < -0.4 is 10.2 Å². The van der Waals surface area contributed by atoms with Gasteiger partial charge < -0.3 is 14.8 Å². The van der Waals surface area contributed by atoms with Crippen molar-refractivity contribution in [2.75, 3.05) is 0 Å². The normalized spacial score (nSPS) is 15.6. The predicted molar refractivity (Wildman–Crippen MR) is 99.2 cm³/mol. The second kappa shape index (κ2) is 6.42. The predicted octanol–water partition coefficient (Wildman–Crippen LogP) is 3.01. The van der Waals surface area contributed by atoms with E-state index in [0.29, 0.717) is 29.7 Å². The highest BCUT2D eigenvalue weighted by atomic mass is 16.5. The molecule has 0 bridgehead atoms. The number of phenolic OH excluding ortho intramolecular Hbond substituents is 1. The minimum absolute atomic E-state index is 0.108. The topological polar surface area (TPSA) is 97.2 Å². The molecular weight excluding hydrogens is 346 g/mol. The molecule has 1 aliphatic heterocycles. The lowest BCUT2D eigenvalue weighted by Gasteiger charge is -2.17. The molecule has 0 aliphatic carbocycles. The largest absolute Gasteiger partial charge is 0.507 e.